The van der Waals surface area contributed by atoms with Crippen molar-refractivity contribution in [2.45, 2.75) is 19.1 Å². The van der Waals surface area contributed by atoms with E-state index in [0.29, 0.717) is 11.1 Å². The number of aliphatic imine (C=N–C) groups is 1. The molecule has 0 aromatic heterocycles. The quantitative estimate of drug-likeness (QED) is 0.248. The van der Waals surface area contributed by atoms with Crippen molar-refractivity contribution in [2.75, 3.05) is 26.9 Å². The molecule has 1 unspecified atom stereocenters. The minimum absolute atomic E-state index is 0. The lowest BCUT2D eigenvalue weighted by Crippen LogP contribution is -2.40. The fraction of sp³-hybridized carbons (Fsp3) is 0.500. The number of benzene rings is 1. The van der Waals surface area contributed by atoms with Crippen LogP contribution in [0.3, 0.4) is 0 Å². The smallest absolute Gasteiger partial charge is 0.420 e. The molecule has 24 heavy (non-hydrogen) atoms. The van der Waals surface area contributed by atoms with Gasteiger partial charge in [-0.3, -0.25) is 0 Å². The predicted octanol–water partition coefficient (Wildman–Crippen LogP) is 3.40. The Morgan fingerprint density at radius 3 is 2.67 bits per heavy atom. The fourth-order valence-electron chi connectivity index (χ4n) is 1.76. The van der Waals surface area contributed by atoms with E-state index in [4.69, 9.17) is 15.2 Å². The van der Waals surface area contributed by atoms with Crippen LogP contribution in [0.2, 0.25) is 0 Å². The van der Waals surface area contributed by atoms with E-state index >= 15 is 0 Å². The summed E-state index contributed by atoms with van der Waals surface area (Å²) in [6.45, 7) is 2.43. The summed E-state index contributed by atoms with van der Waals surface area (Å²) in [5, 5.41) is 2.88. The maximum atomic E-state index is 12.9. The number of halogens is 5. The summed E-state index contributed by atoms with van der Waals surface area (Å²) in [7, 11) is 1.57. The van der Waals surface area contributed by atoms with Crippen LogP contribution in [0.1, 0.15) is 12.5 Å². The molecule has 1 aromatic rings. The Hall–Kier alpha value is -0.750. The molecule has 0 aliphatic heterocycles. The van der Waals surface area contributed by atoms with Gasteiger partial charge in [-0.15, -0.1) is 24.0 Å². The van der Waals surface area contributed by atoms with Crippen molar-refractivity contribution < 1.29 is 22.6 Å². The number of alkyl halides is 3. The van der Waals surface area contributed by atoms with Crippen molar-refractivity contribution in [3.05, 3.63) is 28.2 Å². The number of rotatable bonds is 7. The first-order valence-electron chi connectivity index (χ1n) is 6.79. The predicted molar refractivity (Wildman–Crippen MR) is 101 cm³/mol. The molecule has 10 heteroatoms. The molecule has 0 heterocycles. The van der Waals surface area contributed by atoms with E-state index in [-0.39, 0.29) is 54.9 Å². The van der Waals surface area contributed by atoms with Crippen molar-refractivity contribution in [3.63, 3.8) is 0 Å². The zero-order chi connectivity index (χ0) is 17.5. The lowest BCUT2D eigenvalue weighted by atomic mass is 10.2. The second-order valence-electron chi connectivity index (χ2n) is 4.75. The average molecular weight is 526 g/mol. The molecule has 0 radical (unpaired) electrons. The van der Waals surface area contributed by atoms with Gasteiger partial charge in [0.2, 0.25) is 0 Å². The van der Waals surface area contributed by atoms with Gasteiger partial charge in [0.1, 0.15) is 12.4 Å². The molecule has 0 aliphatic carbocycles. The van der Waals surface area contributed by atoms with Crippen LogP contribution in [0.4, 0.5) is 13.2 Å². The van der Waals surface area contributed by atoms with Gasteiger partial charge in [-0.1, -0.05) is 15.9 Å². The molecule has 0 saturated heterocycles. The summed E-state index contributed by atoms with van der Waals surface area (Å²) < 4.78 is 49.2. The van der Waals surface area contributed by atoms with E-state index in [2.05, 4.69) is 26.2 Å². The monoisotopic (exact) mass is 525 g/mol. The SMILES string of the molecule is COCC(C)NC(N)=NCCOc1ccc(Br)cc1C(F)(F)F.I. The van der Waals surface area contributed by atoms with Gasteiger partial charge < -0.3 is 20.5 Å². The lowest BCUT2D eigenvalue weighted by molar-refractivity contribution is -0.139. The summed E-state index contributed by atoms with van der Waals surface area (Å²) in [4.78, 5) is 3.98. The highest BCUT2D eigenvalue weighted by atomic mass is 127. The van der Waals surface area contributed by atoms with Gasteiger partial charge in [-0.05, 0) is 25.1 Å². The Morgan fingerprint density at radius 2 is 2.08 bits per heavy atom. The Morgan fingerprint density at radius 1 is 1.42 bits per heavy atom. The maximum Gasteiger partial charge on any atom is 0.420 e. The van der Waals surface area contributed by atoms with Gasteiger partial charge in [-0.2, -0.15) is 13.2 Å². The third kappa shape index (κ3) is 8.38. The standard InChI is InChI=1S/C14H19BrF3N3O2.HI/c1-9(8-22-2)21-13(19)20-5-6-23-12-4-3-10(15)7-11(12)14(16,17)18;/h3-4,7,9H,5-6,8H2,1-2H3,(H3,19,20,21);1H. The van der Waals surface area contributed by atoms with Gasteiger partial charge in [0.25, 0.3) is 0 Å². The highest BCUT2D eigenvalue weighted by Gasteiger charge is 2.34. The van der Waals surface area contributed by atoms with Crippen molar-refractivity contribution in [1.82, 2.24) is 5.32 Å². The number of ether oxygens (including phenoxy) is 2. The zero-order valence-electron chi connectivity index (χ0n) is 13.2. The number of nitrogens with two attached hydrogens (primary N) is 1. The van der Waals surface area contributed by atoms with Crippen molar-refractivity contribution >= 4 is 45.9 Å². The summed E-state index contributed by atoms with van der Waals surface area (Å²) >= 11 is 3.01. The summed E-state index contributed by atoms with van der Waals surface area (Å²) in [6, 6.07) is 3.70. The van der Waals surface area contributed by atoms with Gasteiger partial charge in [0, 0.05) is 17.6 Å². The van der Waals surface area contributed by atoms with Crippen LogP contribution in [0.15, 0.2) is 27.7 Å². The largest absolute Gasteiger partial charge is 0.491 e. The average Bonchev–Trinajstić information content (AvgIpc) is 2.44. The highest BCUT2D eigenvalue weighted by molar-refractivity contribution is 14.0. The van der Waals surface area contributed by atoms with Crippen LogP contribution >= 0.6 is 39.9 Å². The third-order valence-corrected chi connectivity index (χ3v) is 3.18. The molecular weight excluding hydrogens is 506 g/mol. The first kappa shape index (κ1) is 23.2. The summed E-state index contributed by atoms with van der Waals surface area (Å²) in [6.07, 6.45) is -4.49. The molecule has 5 nitrogen and oxygen atoms in total. The number of hydrogen-bond donors (Lipinski definition) is 2. The molecule has 0 aliphatic rings. The highest BCUT2D eigenvalue weighted by Crippen LogP contribution is 2.37. The Balaban J connectivity index is 0.00000529. The number of nitrogens with one attached hydrogen (secondary N) is 1. The number of guanidine groups is 1. The molecule has 0 amide bonds. The Bertz CT molecular complexity index is 544. The lowest BCUT2D eigenvalue weighted by Gasteiger charge is -2.15. The van der Waals surface area contributed by atoms with Crippen LogP contribution in [0, 0.1) is 0 Å². The molecule has 0 bridgehead atoms. The normalized spacial score (nSPS) is 13.2. The first-order chi connectivity index (χ1) is 10.7. The third-order valence-electron chi connectivity index (χ3n) is 2.69. The maximum absolute atomic E-state index is 12.9. The summed E-state index contributed by atoms with van der Waals surface area (Å²) in [5.74, 6) is -0.0554. The van der Waals surface area contributed by atoms with Crippen molar-refractivity contribution in [3.8, 4) is 5.75 Å². The first-order valence-corrected chi connectivity index (χ1v) is 7.58. The molecule has 0 fully saturated rings. The number of nitrogens with zero attached hydrogens (tertiary/aromatic N) is 1. The van der Waals surface area contributed by atoms with Gasteiger partial charge in [0.15, 0.2) is 5.96 Å². The van der Waals surface area contributed by atoms with Crippen LogP contribution in [-0.4, -0.2) is 38.9 Å². The van der Waals surface area contributed by atoms with Crippen LogP contribution < -0.4 is 15.8 Å². The van der Waals surface area contributed by atoms with Crippen LogP contribution in [0.5, 0.6) is 5.75 Å². The van der Waals surface area contributed by atoms with Crippen LogP contribution in [0.25, 0.3) is 0 Å². The van der Waals surface area contributed by atoms with Gasteiger partial charge >= 0.3 is 6.18 Å². The molecule has 1 atom stereocenters. The van der Waals surface area contributed by atoms with Crippen molar-refractivity contribution in [2.24, 2.45) is 10.7 Å². The summed E-state index contributed by atoms with van der Waals surface area (Å²) in [5.41, 5.74) is 4.81. The minimum Gasteiger partial charge on any atom is -0.491 e. The molecule has 0 spiro atoms. The second kappa shape index (κ2) is 11.0. The number of methoxy groups -OCH3 is 1. The molecule has 1 aromatic carbocycles. The van der Waals surface area contributed by atoms with E-state index in [1.807, 2.05) is 6.92 Å². The molecular formula is C14H20BrF3IN3O2. The minimum atomic E-state index is -4.49. The molecule has 138 valence electrons. The number of hydrogen-bond acceptors (Lipinski definition) is 3. The second-order valence-corrected chi connectivity index (χ2v) is 5.67. The van der Waals surface area contributed by atoms with E-state index in [1.54, 1.807) is 7.11 Å². The van der Waals surface area contributed by atoms with E-state index in [0.717, 1.165) is 6.07 Å². The molecule has 1 rings (SSSR count). The van der Waals surface area contributed by atoms with E-state index in [1.165, 1.54) is 12.1 Å². The van der Waals surface area contributed by atoms with E-state index < -0.39 is 11.7 Å². The molecule has 3 N–H and O–H groups in total. The van der Waals surface area contributed by atoms with Crippen LogP contribution in [-0.2, 0) is 10.9 Å². The zero-order valence-corrected chi connectivity index (χ0v) is 17.1. The topological polar surface area (TPSA) is 68.9 Å². The molecule has 0 saturated carbocycles. The Labute approximate surface area is 164 Å². The Kier molecular flexibility index (Phi) is 10.6. The van der Waals surface area contributed by atoms with Gasteiger partial charge in [0.05, 0.1) is 18.7 Å². The van der Waals surface area contributed by atoms with Gasteiger partial charge in [-0.25, -0.2) is 4.99 Å². The van der Waals surface area contributed by atoms with E-state index in [9.17, 15) is 13.2 Å². The van der Waals surface area contributed by atoms with Crippen molar-refractivity contribution in [1.29, 1.82) is 0 Å². The fourth-order valence-corrected chi connectivity index (χ4v) is 2.12.